The van der Waals surface area contributed by atoms with Crippen LogP contribution >= 0.6 is 0 Å². The summed E-state index contributed by atoms with van der Waals surface area (Å²) in [5.74, 6) is -0.129. The molecule has 7 heteroatoms. The third kappa shape index (κ3) is 4.40. The van der Waals surface area contributed by atoms with Crippen LogP contribution in [0.1, 0.15) is 44.9 Å². The molecule has 2 rings (SSSR count). The van der Waals surface area contributed by atoms with E-state index in [1.165, 1.54) is 4.31 Å². The normalized spacial score (nSPS) is 31.8. The molecule has 6 nitrogen and oxygen atoms in total. The minimum absolute atomic E-state index is 0.0953. The summed E-state index contributed by atoms with van der Waals surface area (Å²) in [6.45, 7) is 0.858. The highest BCUT2D eigenvalue weighted by atomic mass is 32.2. The fourth-order valence-electron chi connectivity index (χ4n) is 3.34. The summed E-state index contributed by atoms with van der Waals surface area (Å²) in [6.07, 6.45) is 6.88. The fourth-order valence-corrected chi connectivity index (χ4v) is 4.46. The molecule has 0 spiro atoms. The molecule has 0 radical (unpaired) electrons. The van der Waals surface area contributed by atoms with Gasteiger partial charge in [-0.15, -0.1) is 0 Å². The second-order valence-corrected chi connectivity index (χ2v) is 8.18. The number of carbonyl (C=O) groups is 1. The van der Waals surface area contributed by atoms with Crippen LogP contribution in [0.4, 0.5) is 0 Å². The van der Waals surface area contributed by atoms with Gasteiger partial charge in [-0.25, -0.2) is 8.42 Å². The van der Waals surface area contributed by atoms with Crippen LogP contribution in [0.25, 0.3) is 0 Å². The summed E-state index contributed by atoms with van der Waals surface area (Å²) in [4.78, 5) is 12.3. The Bertz CT molecular complexity index is 466. The summed E-state index contributed by atoms with van der Waals surface area (Å²) in [6, 6.07) is -0.588. The lowest BCUT2D eigenvalue weighted by Gasteiger charge is -2.33. The third-order valence-corrected chi connectivity index (χ3v) is 5.88. The lowest BCUT2D eigenvalue weighted by Crippen LogP contribution is -2.52. The maximum absolute atomic E-state index is 12.3. The predicted molar refractivity (Wildman–Crippen MR) is 80.2 cm³/mol. The van der Waals surface area contributed by atoms with E-state index in [0.29, 0.717) is 19.5 Å². The highest BCUT2D eigenvalue weighted by Gasteiger charge is 2.34. The predicted octanol–water partition coefficient (Wildman–Crippen LogP) is 0.468. The summed E-state index contributed by atoms with van der Waals surface area (Å²) in [7, 11) is -3.35. The first kappa shape index (κ1) is 16.7. The van der Waals surface area contributed by atoms with Crippen LogP contribution in [0.5, 0.6) is 0 Å². The average molecular weight is 318 g/mol. The molecule has 2 fully saturated rings. The van der Waals surface area contributed by atoms with E-state index < -0.39 is 16.1 Å². The molecule has 122 valence electrons. The van der Waals surface area contributed by atoms with Gasteiger partial charge in [-0.2, -0.15) is 4.31 Å². The molecule has 0 aromatic rings. The van der Waals surface area contributed by atoms with Gasteiger partial charge in [-0.1, -0.05) is 19.3 Å². The Kier molecular flexibility index (Phi) is 5.62. The zero-order valence-electron chi connectivity index (χ0n) is 12.6. The van der Waals surface area contributed by atoms with Crippen molar-refractivity contribution in [1.29, 1.82) is 0 Å². The van der Waals surface area contributed by atoms with E-state index in [2.05, 4.69) is 5.32 Å². The van der Waals surface area contributed by atoms with E-state index in [9.17, 15) is 18.3 Å². The number of piperidine rings is 1. The van der Waals surface area contributed by atoms with Gasteiger partial charge in [-0.05, 0) is 25.7 Å². The summed E-state index contributed by atoms with van der Waals surface area (Å²) in [5, 5.41) is 12.8. The van der Waals surface area contributed by atoms with Crippen molar-refractivity contribution in [2.75, 3.05) is 19.3 Å². The number of aliphatic hydroxyl groups excluding tert-OH is 1. The Morgan fingerprint density at radius 3 is 2.52 bits per heavy atom. The number of carbonyl (C=O) groups excluding carboxylic acids is 1. The van der Waals surface area contributed by atoms with Crippen molar-refractivity contribution in [2.24, 2.45) is 5.92 Å². The number of hydrogen-bond acceptors (Lipinski definition) is 4. The molecule has 2 aliphatic rings. The standard InChI is InChI=1S/C14H26N2O4S/c1-21(19,20)16-9-5-4-7-12(16)14(18)15-10-11-6-2-3-8-13(11)17/h11-13,17H,2-10H2,1H3,(H,15,18). The highest BCUT2D eigenvalue weighted by Crippen LogP contribution is 2.24. The first-order valence-corrected chi connectivity index (χ1v) is 9.67. The first-order chi connectivity index (χ1) is 9.89. The number of aliphatic hydroxyl groups is 1. The summed E-state index contributed by atoms with van der Waals surface area (Å²) >= 11 is 0. The molecular formula is C14H26N2O4S. The number of sulfonamides is 1. The molecule has 1 aliphatic heterocycles. The van der Waals surface area contributed by atoms with Crippen LogP contribution in [0.2, 0.25) is 0 Å². The van der Waals surface area contributed by atoms with Gasteiger partial charge < -0.3 is 10.4 Å². The molecule has 1 heterocycles. The van der Waals surface area contributed by atoms with Crippen LogP contribution in [-0.4, -0.2) is 55.2 Å². The van der Waals surface area contributed by atoms with Gasteiger partial charge in [0.15, 0.2) is 0 Å². The van der Waals surface area contributed by atoms with E-state index >= 15 is 0 Å². The van der Waals surface area contributed by atoms with Crippen LogP contribution in [-0.2, 0) is 14.8 Å². The van der Waals surface area contributed by atoms with Crippen molar-refractivity contribution >= 4 is 15.9 Å². The Labute approximate surface area is 126 Å². The van der Waals surface area contributed by atoms with Crippen LogP contribution in [0.3, 0.4) is 0 Å². The molecule has 3 atom stereocenters. The maximum Gasteiger partial charge on any atom is 0.238 e. The van der Waals surface area contributed by atoms with Gasteiger partial charge in [0.2, 0.25) is 15.9 Å². The monoisotopic (exact) mass is 318 g/mol. The highest BCUT2D eigenvalue weighted by molar-refractivity contribution is 7.88. The zero-order valence-corrected chi connectivity index (χ0v) is 13.4. The molecule has 1 amide bonds. The van der Waals surface area contributed by atoms with Gasteiger partial charge in [0.1, 0.15) is 6.04 Å². The topological polar surface area (TPSA) is 86.7 Å². The fraction of sp³-hybridized carbons (Fsp3) is 0.929. The Morgan fingerprint density at radius 2 is 1.86 bits per heavy atom. The van der Waals surface area contributed by atoms with Gasteiger partial charge in [0.05, 0.1) is 12.4 Å². The number of amides is 1. The lowest BCUT2D eigenvalue weighted by atomic mass is 9.86. The molecule has 0 aromatic heterocycles. The van der Waals surface area contributed by atoms with Crippen molar-refractivity contribution < 1.29 is 18.3 Å². The SMILES string of the molecule is CS(=O)(=O)N1CCCCC1C(=O)NCC1CCCCC1O. The van der Waals surface area contributed by atoms with E-state index in [4.69, 9.17) is 0 Å². The number of nitrogens with one attached hydrogen (secondary N) is 1. The molecule has 0 aromatic carbocycles. The Balaban J connectivity index is 1.91. The van der Waals surface area contributed by atoms with Gasteiger partial charge in [0, 0.05) is 19.0 Å². The molecule has 1 aliphatic carbocycles. The molecule has 0 bridgehead atoms. The lowest BCUT2D eigenvalue weighted by molar-refractivity contribution is -0.126. The number of rotatable bonds is 4. The molecule has 2 N–H and O–H groups in total. The molecule has 21 heavy (non-hydrogen) atoms. The molecule has 1 saturated heterocycles. The third-order valence-electron chi connectivity index (χ3n) is 4.59. The second kappa shape index (κ2) is 7.07. The Hall–Kier alpha value is -0.660. The van der Waals surface area contributed by atoms with E-state index in [0.717, 1.165) is 44.8 Å². The van der Waals surface area contributed by atoms with Crippen LogP contribution in [0, 0.1) is 5.92 Å². The van der Waals surface area contributed by atoms with E-state index in [1.807, 2.05) is 0 Å². The van der Waals surface area contributed by atoms with E-state index in [1.54, 1.807) is 0 Å². The maximum atomic E-state index is 12.3. The minimum Gasteiger partial charge on any atom is -0.393 e. The van der Waals surface area contributed by atoms with Crippen molar-refractivity contribution in [3.8, 4) is 0 Å². The smallest absolute Gasteiger partial charge is 0.238 e. The summed E-state index contributed by atoms with van der Waals surface area (Å²) < 4.78 is 24.8. The van der Waals surface area contributed by atoms with Crippen molar-refractivity contribution in [3.63, 3.8) is 0 Å². The van der Waals surface area contributed by atoms with Gasteiger partial charge in [-0.3, -0.25) is 4.79 Å². The largest absolute Gasteiger partial charge is 0.393 e. The zero-order chi connectivity index (χ0) is 15.5. The molecule has 1 saturated carbocycles. The Morgan fingerprint density at radius 1 is 1.19 bits per heavy atom. The minimum atomic E-state index is -3.35. The van der Waals surface area contributed by atoms with Crippen molar-refractivity contribution in [3.05, 3.63) is 0 Å². The van der Waals surface area contributed by atoms with Crippen LogP contribution in [0.15, 0.2) is 0 Å². The average Bonchev–Trinajstić information content (AvgIpc) is 2.45. The second-order valence-electron chi connectivity index (χ2n) is 6.24. The summed E-state index contributed by atoms with van der Waals surface area (Å²) in [5.41, 5.74) is 0. The van der Waals surface area contributed by atoms with Crippen LogP contribution < -0.4 is 5.32 Å². The van der Waals surface area contributed by atoms with Crippen molar-refractivity contribution in [1.82, 2.24) is 9.62 Å². The first-order valence-electron chi connectivity index (χ1n) is 7.82. The quantitative estimate of drug-likeness (QED) is 0.789. The molecular weight excluding hydrogens is 292 g/mol. The van der Waals surface area contributed by atoms with E-state index in [-0.39, 0.29) is 17.9 Å². The van der Waals surface area contributed by atoms with Gasteiger partial charge in [0.25, 0.3) is 0 Å². The van der Waals surface area contributed by atoms with Gasteiger partial charge >= 0.3 is 0 Å². The number of hydrogen-bond donors (Lipinski definition) is 2. The molecule has 3 unspecified atom stereocenters. The van der Waals surface area contributed by atoms with Crippen molar-refractivity contribution in [2.45, 2.75) is 57.1 Å². The number of nitrogens with zero attached hydrogens (tertiary/aromatic N) is 1.